The third kappa shape index (κ3) is 12.5. The van der Waals surface area contributed by atoms with E-state index >= 15 is 0 Å². The molecule has 2 atom stereocenters. The lowest BCUT2D eigenvalue weighted by molar-refractivity contribution is -0.117. The number of carbonyl (C=O) groups is 1. The van der Waals surface area contributed by atoms with Crippen molar-refractivity contribution in [1.29, 1.82) is 0 Å². The molecular formula is C18H24O. The van der Waals surface area contributed by atoms with Crippen LogP contribution in [0.3, 0.4) is 0 Å². The first-order valence-corrected chi connectivity index (χ1v) is 6.83. The lowest BCUT2D eigenvalue weighted by Crippen LogP contribution is -1.94. The summed E-state index contributed by atoms with van der Waals surface area (Å²) >= 11 is 0. The van der Waals surface area contributed by atoms with Gasteiger partial charge in [-0.3, -0.25) is 0 Å². The highest BCUT2D eigenvalue weighted by molar-refractivity contribution is 5.75. The van der Waals surface area contributed by atoms with Crippen LogP contribution in [0.5, 0.6) is 0 Å². The van der Waals surface area contributed by atoms with Crippen LogP contribution in [0.4, 0.5) is 0 Å². The van der Waals surface area contributed by atoms with Gasteiger partial charge >= 0.3 is 0 Å². The van der Waals surface area contributed by atoms with Gasteiger partial charge in [0.05, 0.1) is 0 Å². The van der Waals surface area contributed by atoms with Gasteiger partial charge in [-0.2, -0.15) is 0 Å². The maximum absolute atomic E-state index is 10.8. The number of hydrogen-bond acceptors (Lipinski definition) is 1. The summed E-state index contributed by atoms with van der Waals surface area (Å²) in [6.07, 6.45) is 16.4. The zero-order valence-corrected chi connectivity index (χ0v) is 12.3. The van der Waals surface area contributed by atoms with E-state index in [1.807, 2.05) is 18.2 Å². The fraction of sp³-hybridized carbons (Fsp3) is 0.500. The third-order valence-electron chi connectivity index (χ3n) is 2.67. The van der Waals surface area contributed by atoms with Crippen molar-refractivity contribution in [2.45, 2.75) is 46.5 Å². The Labute approximate surface area is 118 Å². The van der Waals surface area contributed by atoms with Crippen molar-refractivity contribution < 1.29 is 4.79 Å². The van der Waals surface area contributed by atoms with Gasteiger partial charge in [-0.15, -0.1) is 12.3 Å². The number of hydrogen-bond donors (Lipinski definition) is 0. The van der Waals surface area contributed by atoms with Gasteiger partial charge in [0, 0.05) is 18.8 Å². The van der Waals surface area contributed by atoms with E-state index in [-0.39, 0.29) is 5.78 Å². The molecule has 0 bridgehead atoms. The Kier molecular flexibility index (Phi) is 10.3. The molecule has 0 amide bonds. The molecule has 1 heteroatoms. The van der Waals surface area contributed by atoms with Crippen molar-refractivity contribution in [3.63, 3.8) is 0 Å². The molecule has 0 aliphatic carbocycles. The molecule has 0 saturated heterocycles. The Bertz CT molecular complexity index is 409. The molecule has 0 saturated carbocycles. The molecule has 0 rings (SSSR count). The number of ketones is 1. The van der Waals surface area contributed by atoms with E-state index in [9.17, 15) is 4.79 Å². The molecule has 0 spiro atoms. The summed E-state index contributed by atoms with van der Waals surface area (Å²) < 4.78 is 0. The minimum atomic E-state index is 0.256. The summed E-state index contributed by atoms with van der Waals surface area (Å²) in [6.45, 7) is 5.81. The van der Waals surface area contributed by atoms with Gasteiger partial charge in [0.2, 0.25) is 0 Å². The zero-order valence-electron chi connectivity index (χ0n) is 12.3. The second-order valence-corrected chi connectivity index (χ2v) is 4.91. The number of Topliss-reactive ketones (excluding diaryl/α,β-unsaturated/α-hetero) is 1. The van der Waals surface area contributed by atoms with Crippen molar-refractivity contribution in [3.05, 3.63) is 24.3 Å². The van der Waals surface area contributed by atoms with Gasteiger partial charge in [0.25, 0.3) is 0 Å². The number of allylic oxidation sites excluding steroid dienone is 4. The fourth-order valence-electron chi connectivity index (χ4n) is 1.53. The predicted molar refractivity (Wildman–Crippen MR) is 82.4 cm³/mol. The monoisotopic (exact) mass is 256 g/mol. The Hall–Kier alpha value is -1.73. The number of rotatable bonds is 7. The molecule has 0 aliphatic heterocycles. The summed E-state index contributed by atoms with van der Waals surface area (Å²) in [5.41, 5.74) is 0. The Morgan fingerprint density at radius 1 is 1.32 bits per heavy atom. The van der Waals surface area contributed by atoms with Crippen LogP contribution >= 0.6 is 0 Å². The molecule has 0 heterocycles. The predicted octanol–water partition coefficient (Wildman–Crippen LogP) is 4.16. The lowest BCUT2D eigenvalue weighted by atomic mass is 10.0. The number of terminal acetylenes is 1. The average molecular weight is 256 g/mol. The van der Waals surface area contributed by atoms with Crippen LogP contribution in [0, 0.1) is 36.0 Å². The summed E-state index contributed by atoms with van der Waals surface area (Å²) in [4.78, 5) is 10.8. The van der Waals surface area contributed by atoms with Crippen LogP contribution in [0.1, 0.15) is 46.5 Å². The molecule has 0 fully saturated rings. The van der Waals surface area contributed by atoms with Crippen molar-refractivity contribution in [2.24, 2.45) is 11.8 Å². The maximum atomic E-state index is 10.8. The van der Waals surface area contributed by atoms with Crippen molar-refractivity contribution in [2.75, 3.05) is 0 Å². The maximum Gasteiger partial charge on any atom is 0.129 e. The van der Waals surface area contributed by atoms with Crippen LogP contribution < -0.4 is 0 Å². The van der Waals surface area contributed by atoms with Crippen molar-refractivity contribution in [1.82, 2.24) is 0 Å². The standard InChI is InChI=1S/C18H24O/c1-5-11-16(2)12-8-6-7-9-13-17(3)14-10-15-18(4)19/h1,6-8,12,16-17H,10-11,14-15H2,2-4H3/b7-6+,12-8+/t16-,17-/m1/s1. The quantitative estimate of drug-likeness (QED) is 0.494. The highest BCUT2D eigenvalue weighted by Crippen LogP contribution is 2.06. The summed E-state index contributed by atoms with van der Waals surface area (Å²) in [5, 5.41) is 0. The molecule has 1 nitrogen and oxygen atoms in total. The van der Waals surface area contributed by atoms with Gasteiger partial charge in [-0.05, 0) is 31.8 Å². The van der Waals surface area contributed by atoms with Crippen LogP contribution in [0.2, 0.25) is 0 Å². The Morgan fingerprint density at radius 3 is 2.68 bits per heavy atom. The first-order chi connectivity index (χ1) is 9.06. The van der Waals surface area contributed by atoms with Gasteiger partial charge in [-0.25, -0.2) is 0 Å². The summed E-state index contributed by atoms with van der Waals surface area (Å²) in [7, 11) is 0. The van der Waals surface area contributed by atoms with Crippen molar-refractivity contribution >= 4 is 5.78 Å². The summed E-state index contributed by atoms with van der Waals surface area (Å²) in [5.74, 6) is 9.82. The van der Waals surface area contributed by atoms with E-state index in [0.717, 1.165) is 19.3 Å². The molecular weight excluding hydrogens is 232 g/mol. The van der Waals surface area contributed by atoms with Gasteiger partial charge in [0.15, 0.2) is 0 Å². The second-order valence-electron chi connectivity index (χ2n) is 4.91. The molecule has 0 aromatic rings. The van der Waals surface area contributed by atoms with Gasteiger partial charge in [0.1, 0.15) is 5.78 Å². The van der Waals surface area contributed by atoms with E-state index in [4.69, 9.17) is 6.42 Å². The topological polar surface area (TPSA) is 17.1 Å². The third-order valence-corrected chi connectivity index (χ3v) is 2.67. The van der Waals surface area contributed by atoms with Crippen LogP contribution in [0.25, 0.3) is 0 Å². The lowest BCUT2D eigenvalue weighted by Gasteiger charge is -2.00. The highest BCUT2D eigenvalue weighted by atomic mass is 16.1. The molecule has 0 radical (unpaired) electrons. The minimum Gasteiger partial charge on any atom is -0.300 e. The van der Waals surface area contributed by atoms with Crippen LogP contribution in [0.15, 0.2) is 24.3 Å². The zero-order chi connectivity index (χ0) is 14.5. The van der Waals surface area contributed by atoms with Gasteiger partial charge < -0.3 is 4.79 Å². The molecule has 0 aliphatic rings. The van der Waals surface area contributed by atoms with Crippen molar-refractivity contribution in [3.8, 4) is 24.2 Å². The minimum absolute atomic E-state index is 0.256. The fourth-order valence-corrected chi connectivity index (χ4v) is 1.53. The van der Waals surface area contributed by atoms with Gasteiger partial charge in [-0.1, -0.05) is 43.9 Å². The van der Waals surface area contributed by atoms with Crippen LogP contribution in [-0.2, 0) is 4.79 Å². The normalized spacial score (nSPS) is 13.8. The van der Waals surface area contributed by atoms with Crippen LogP contribution in [-0.4, -0.2) is 5.78 Å². The molecule has 0 N–H and O–H groups in total. The van der Waals surface area contributed by atoms with E-state index in [2.05, 4.69) is 37.7 Å². The first-order valence-electron chi connectivity index (χ1n) is 6.83. The average Bonchev–Trinajstić information content (AvgIpc) is 2.33. The van der Waals surface area contributed by atoms with E-state index < -0.39 is 0 Å². The molecule has 0 unspecified atom stereocenters. The molecule has 19 heavy (non-hydrogen) atoms. The smallest absolute Gasteiger partial charge is 0.129 e. The Morgan fingerprint density at radius 2 is 2.05 bits per heavy atom. The molecule has 0 aromatic heterocycles. The SMILES string of the molecule is C#CC[C@@H](C)/C=C/C=C/C#C[C@@H](C)CCCC(C)=O. The van der Waals surface area contributed by atoms with E-state index in [1.165, 1.54) is 0 Å². The summed E-state index contributed by atoms with van der Waals surface area (Å²) in [6, 6.07) is 0. The largest absolute Gasteiger partial charge is 0.300 e. The second kappa shape index (κ2) is 11.4. The first kappa shape index (κ1) is 17.3. The van der Waals surface area contributed by atoms with E-state index in [0.29, 0.717) is 18.3 Å². The van der Waals surface area contributed by atoms with E-state index in [1.54, 1.807) is 6.92 Å². The number of carbonyl (C=O) groups excluding carboxylic acids is 1. The highest BCUT2D eigenvalue weighted by Gasteiger charge is 1.98. The molecule has 0 aromatic carbocycles. The Balaban J connectivity index is 3.89. The molecule has 102 valence electrons.